The van der Waals surface area contributed by atoms with E-state index in [1.807, 2.05) is 38.1 Å². The second-order valence-electron chi connectivity index (χ2n) is 4.61. The first-order valence-electron chi connectivity index (χ1n) is 6.37. The van der Waals surface area contributed by atoms with Crippen molar-refractivity contribution in [3.63, 3.8) is 0 Å². The Kier molecular flexibility index (Phi) is 4.39. The largest absolute Gasteiger partial charge is 0.489 e. The molecule has 0 amide bonds. The molecule has 2 rings (SSSR count). The molecule has 0 aliphatic rings. The van der Waals surface area contributed by atoms with Crippen molar-refractivity contribution in [3.05, 3.63) is 59.9 Å². The Hall–Kier alpha value is -2.03. The Morgan fingerprint density at radius 3 is 2.68 bits per heavy atom. The number of hydrogen-bond acceptors (Lipinski definition) is 2. The van der Waals surface area contributed by atoms with Crippen LogP contribution in [0.1, 0.15) is 12.5 Å². The average Bonchev–Trinajstić information content (AvgIpc) is 2.38. The van der Waals surface area contributed by atoms with Gasteiger partial charge in [-0.15, -0.1) is 0 Å². The molecule has 0 aliphatic heterocycles. The van der Waals surface area contributed by atoms with Gasteiger partial charge in [0.15, 0.2) is 0 Å². The van der Waals surface area contributed by atoms with Crippen LogP contribution >= 0.6 is 0 Å². The van der Waals surface area contributed by atoms with Crippen LogP contribution in [0.3, 0.4) is 0 Å². The van der Waals surface area contributed by atoms with Gasteiger partial charge in [-0.1, -0.05) is 24.3 Å². The highest BCUT2D eigenvalue weighted by atomic mass is 19.1. The summed E-state index contributed by atoms with van der Waals surface area (Å²) in [6, 6.07) is 14.5. The lowest BCUT2D eigenvalue weighted by atomic mass is 10.2. The summed E-state index contributed by atoms with van der Waals surface area (Å²) < 4.78 is 19.2. The van der Waals surface area contributed by atoms with Crippen LogP contribution in [-0.4, -0.2) is 12.6 Å². The van der Waals surface area contributed by atoms with Crippen LogP contribution < -0.4 is 10.1 Å². The zero-order valence-corrected chi connectivity index (χ0v) is 11.2. The Labute approximate surface area is 113 Å². The first-order chi connectivity index (χ1) is 9.15. The van der Waals surface area contributed by atoms with Crippen LogP contribution in [0.4, 0.5) is 10.1 Å². The van der Waals surface area contributed by atoms with Crippen LogP contribution in [0.25, 0.3) is 0 Å². The van der Waals surface area contributed by atoms with Crippen LogP contribution in [-0.2, 0) is 0 Å². The van der Waals surface area contributed by atoms with E-state index in [4.69, 9.17) is 4.74 Å². The van der Waals surface area contributed by atoms with Crippen LogP contribution in [0.5, 0.6) is 5.75 Å². The van der Waals surface area contributed by atoms with Crippen LogP contribution in [0, 0.1) is 12.7 Å². The minimum Gasteiger partial charge on any atom is -0.489 e. The van der Waals surface area contributed by atoms with E-state index < -0.39 is 0 Å². The number of halogens is 1. The summed E-state index contributed by atoms with van der Waals surface area (Å²) >= 11 is 0. The van der Waals surface area contributed by atoms with Gasteiger partial charge in [-0.05, 0) is 43.7 Å². The fourth-order valence-corrected chi connectivity index (χ4v) is 1.82. The van der Waals surface area contributed by atoms with E-state index in [0.29, 0.717) is 12.2 Å². The number of benzene rings is 2. The van der Waals surface area contributed by atoms with Crippen LogP contribution in [0.15, 0.2) is 48.5 Å². The Morgan fingerprint density at radius 2 is 1.95 bits per heavy atom. The van der Waals surface area contributed by atoms with Crippen molar-refractivity contribution in [2.45, 2.75) is 20.0 Å². The number of aryl methyl sites for hydroxylation is 1. The topological polar surface area (TPSA) is 21.3 Å². The molecule has 1 unspecified atom stereocenters. The monoisotopic (exact) mass is 259 g/mol. The molecular formula is C16H18FNO. The zero-order chi connectivity index (χ0) is 13.7. The lowest BCUT2D eigenvalue weighted by molar-refractivity contribution is 0.234. The molecule has 1 N–H and O–H groups in total. The van der Waals surface area contributed by atoms with Gasteiger partial charge in [0.2, 0.25) is 0 Å². The fourth-order valence-electron chi connectivity index (χ4n) is 1.82. The van der Waals surface area contributed by atoms with Crippen molar-refractivity contribution in [1.82, 2.24) is 0 Å². The van der Waals surface area contributed by atoms with Crippen molar-refractivity contribution < 1.29 is 9.13 Å². The maximum absolute atomic E-state index is 13.4. The standard InChI is InChI=1S/C16H18FNO/c1-12-6-5-7-14(10-12)19-13(2)11-18-16-9-4-3-8-15(16)17/h3-10,13,18H,11H2,1-2H3. The maximum atomic E-state index is 13.4. The quantitative estimate of drug-likeness (QED) is 0.875. The van der Waals surface area contributed by atoms with Crippen molar-refractivity contribution in [3.8, 4) is 5.75 Å². The SMILES string of the molecule is Cc1cccc(OC(C)CNc2ccccc2F)c1. The Balaban J connectivity index is 1.88. The molecule has 0 saturated carbocycles. The first-order valence-corrected chi connectivity index (χ1v) is 6.37. The highest BCUT2D eigenvalue weighted by Gasteiger charge is 2.06. The molecule has 0 heterocycles. The molecule has 3 heteroatoms. The van der Waals surface area contributed by atoms with Gasteiger partial charge in [0.1, 0.15) is 17.7 Å². The van der Waals surface area contributed by atoms with E-state index >= 15 is 0 Å². The van der Waals surface area contributed by atoms with E-state index in [0.717, 1.165) is 11.3 Å². The predicted octanol–water partition coefficient (Wildman–Crippen LogP) is 4.01. The zero-order valence-electron chi connectivity index (χ0n) is 11.2. The number of rotatable bonds is 5. The number of anilines is 1. The molecule has 0 saturated heterocycles. The van der Waals surface area contributed by atoms with Crippen molar-refractivity contribution in [1.29, 1.82) is 0 Å². The molecule has 0 radical (unpaired) electrons. The smallest absolute Gasteiger partial charge is 0.146 e. The molecule has 2 aromatic rings. The third kappa shape index (κ3) is 3.98. The van der Waals surface area contributed by atoms with Gasteiger partial charge in [0.25, 0.3) is 0 Å². The summed E-state index contributed by atoms with van der Waals surface area (Å²) in [6.07, 6.45) is -0.0404. The molecule has 0 bridgehead atoms. The minimum atomic E-state index is -0.245. The lowest BCUT2D eigenvalue weighted by Gasteiger charge is -2.16. The van der Waals surface area contributed by atoms with Gasteiger partial charge in [-0.2, -0.15) is 0 Å². The van der Waals surface area contributed by atoms with E-state index in [-0.39, 0.29) is 11.9 Å². The summed E-state index contributed by atoms with van der Waals surface area (Å²) in [6.45, 7) is 4.53. The number of ether oxygens (including phenoxy) is 1. The fraction of sp³-hybridized carbons (Fsp3) is 0.250. The van der Waals surface area contributed by atoms with Gasteiger partial charge < -0.3 is 10.1 Å². The first kappa shape index (κ1) is 13.4. The van der Waals surface area contributed by atoms with E-state index in [1.165, 1.54) is 6.07 Å². The molecule has 0 aliphatic carbocycles. The third-order valence-electron chi connectivity index (χ3n) is 2.78. The Bertz CT molecular complexity index is 542. The molecule has 0 fully saturated rings. The highest BCUT2D eigenvalue weighted by Crippen LogP contribution is 2.16. The molecule has 19 heavy (non-hydrogen) atoms. The lowest BCUT2D eigenvalue weighted by Crippen LogP contribution is -2.23. The Morgan fingerprint density at radius 1 is 1.16 bits per heavy atom. The van der Waals surface area contributed by atoms with E-state index in [1.54, 1.807) is 18.2 Å². The molecule has 2 nitrogen and oxygen atoms in total. The van der Waals surface area contributed by atoms with Crippen molar-refractivity contribution in [2.24, 2.45) is 0 Å². The normalized spacial score (nSPS) is 11.9. The average molecular weight is 259 g/mol. The highest BCUT2D eigenvalue weighted by molar-refractivity contribution is 5.44. The number of nitrogens with one attached hydrogen (secondary N) is 1. The van der Waals surface area contributed by atoms with Gasteiger partial charge in [-0.3, -0.25) is 0 Å². The molecule has 1 atom stereocenters. The van der Waals surface area contributed by atoms with E-state index in [2.05, 4.69) is 5.32 Å². The molecule has 100 valence electrons. The molecule has 2 aromatic carbocycles. The number of hydrogen-bond donors (Lipinski definition) is 1. The maximum Gasteiger partial charge on any atom is 0.146 e. The van der Waals surface area contributed by atoms with E-state index in [9.17, 15) is 4.39 Å². The summed E-state index contributed by atoms with van der Waals surface area (Å²) in [7, 11) is 0. The van der Waals surface area contributed by atoms with Gasteiger partial charge in [0, 0.05) is 0 Å². The second-order valence-corrected chi connectivity index (χ2v) is 4.61. The minimum absolute atomic E-state index is 0.0404. The molecule has 0 spiro atoms. The van der Waals surface area contributed by atoms with Gasteiger partial charge >= 0.3 is 0 Å². The third-order valence-corrected chi connectivity index (χ3v) is 2.78. The predicted molar refractivity (Wildman–Crippen MR) is 76.2 cm³/mol. The van der Waals surface area contributed by atoms with Crippen molar-refractivity contribution >= 4 is 5.69 Å². The summed E-state index contributed by atoms with van der Waals surface area (Å²) in [4.78, 5) is 0. The molecule has 0 aromatic heterocycles. The summed E-state index contributed by atoms with van der Waals surface area (Å²) in [5, 5.41) is 3.05. The van der Waals surface area contributed by atoms with Gasteiger partial charge in [-0.25, -0.2) is 4.39 Å². The summed E-state index contributed by atoms with van der Waals surface area (Å²) in [5.74, 6) is 0.591. The summed E-state index contributed by atoms with van der Waals surface area (Å²) in [5.41, 5.74) is 1.66. The van der Waals surface area contributed by atoms with Crippen LogP contribution in [0.2, 0.25) is 0 Å². The second kappa shape index (κ2) is 6.23. The number of para-hydroxylation sites is 1. The van der Waals surface area contributed by atoms with Crippen molar-refractivity contribution in [2.75, 3.05) is 11.9 Å². The van der Waals surface area contributed by atoms with Gasteiger partial charge in [0.05, 0.1) is 12.2 Å². The molecular weight excluding hydrogens is 241 g/mol.